The molecule has 1 nitrogen and oxygen atoms in total. The molecular weight excluding hydrogens is 192 g/mol. The summed E-state index contributed by atoms with van der Waals surface area (Å²) in [6, 6.07) is 8.63. The van der Waals surface area contributed by atoms with Gasteiger partial charge in [-0.2, -0.15) is 11.8 Å². The molecule has 1 aliphatic rings. The van der Waals surface area contributed by atoms with Crippen LogP contribution in [0.5, 0.6) is 0 Å². The van der Waals surface area contributed by atoms with Crippen molar-refractivity contribution in [3.8, 4) is 0 Å². The quantitative estimate of drug-likeness (QED) is 0.804. The molecule has 2 heteroatoms. The topological polar surface area (TPSA) is 20.2 Å². The summed E-state index contributed by atoms with van der Waals surface area (Å²) >= 11 is 1.86. The van der Waals surface area contributed by atoms with E-state index in [9.17, 15) is 5.11 Å². The fourth-order valence-electron chi connectivity index (χ4n) is 1.81. The molecule has 0 spiro atoms. The second-order valence-electron chi connectivity index (χ2n) is 4.05. The van der Waals surface area contributed by atoms with Crippen molar-refractivity contribution in [1.82, 2.24) is 0 Å². The highest BCUT2D eigenvalue weighted by Gasteiger charge is 2.25. The number of aliphatic hydroxyl groups excluding tert-OH is 1. The van der Waals surface area contributed by atoms with Gasteiger partial charge in [0.1, 0.15) is 0 Å². The van der Waals surface area contributed by atoms with Gasteiger partial charge in [0.25, 0.3) is 0 Å². The molecule has 0 radical (unpaired) electrons. The van der Waals surface area contributed by atoms with Crippen LogP contribution in [0.2, 0.25) is 0 Å². The average Bonchev–Trinajstić information content (AvgIpc) is 2.56. The third kappa shape index (κ3) is 2.31. The molecular formula is C12H16OS. The first-order valence-electron chi connectivity index (χ1n) is 5.07. The van der Waals surface area contributed by atoms with Crippen LogP contribution in [0.4, 0.5) is 0 Å². The number of benzene rings is 1. The summed E-state index contributed by atoms with van der Waals surface area (Å²) in [4.78, 5) is 0. The molecule has 1 heterocycles. The summed E-state index contributed by atoms with van der Waals surface area (Å²) in [6.45, 7) is 2.10. The summed E-state index contributed by atoms with van der Waals surface area (Å²) in [5.41, 5.74) is 2.65. The van der Waals surface area contributed by atoms with Gasteiger partial charge in [0, 0.05) is 5.75 Å². The maximum Gasteiger partial charge on any atom is 0.0669 e. The van der Waals surface area contributed by atoms with Gasteiger partial charge < -0.3 is 5.11 Å². The lowest BCUT2D eigenvalue weighted by Gasteiger charge is -2.13. The van der Waals surface area contributed by atoms with Crippen LogP contribution in [-0.2, 0) is 6.42 Å². The van der Waals surface area contributed by atoms with Crippen LogP contribution in [0.15, 0.2) is 24.3 Å². The van der Waals surface area contributed by atoms with Crippen LogP contribution in [0, 0.1) is 12.8 Å². The molecule has 0 amide bonds. The van der Waals surface area contributed by atoms with E-state index in [1.54, 1.807) is 0 Å². The zero-order valence-electron chi connectivity index (χ0n) is 8.44. The van der Waals surface area contributed by atoms with Crippen molar-refractivity contribution >= 4 is 11.8 Å². The molecule has 14 heavy (non-hydrogen) atoms. The van der Waals surface area contributed by atoms with Gasteiger partial charge in [0.2, 0.25) is 0 Å². The molecule has 1 aliphatic heterocycles. The fourth-order valence-corrected chi connectivity index (χ4v) is 3.10. The highest BCUT2D eigenvalue weighted by molar-refractivity contribution is 7.99. The van der Waals surface area contributed by atoms with Crippen molar-refractivity contribution in [2.24, 2.45) is 5.92 Å². The van der Waals surface area contributed by atoms with E-state index in [0.717, 1.165) is 17.9 Å². The van der Waals surface area contributed by atoms with E-state index >= 15 is 0 Å². The van der Waals surface area contributed by atoms with E-state index in [4.69, 9.17) is 0 Å². The minimum Gasteiger partial charge on any atom is -0.392 e. The second kappa shape index (κ2) is 4.37. The number of hydrogen-bond donors (Lipinski definition) is 1. The van der Waals surface area contributed by atoms with Gasteiger partial charge in [0.15, 0.2) is 0 Å². The van der Waals surface area contributed by atoms with E-state index in [1.807, 2.05) is 11.8 Å². The van der Waals surface area contributed by atoms with Crippen molar-refractivity contribution < 1.29 is 5.11 Å². The lowest BCUT2D eigenvalue weighted by molar-refractivity contribution is 0.150. The average molecular weight is 208 g/mol. The standard InChI is InChI=1S/C12H16OS/c1-9-2-4-10(5-3-9)6-11-7-14-8-12(11)13/h2-5,11-13H,6-8H2,1H3. The van der Waals surface area contributed by atoms with Crippen LogP contribution in [-0.4, -0.2) is 22.7 Å². The number of rotatable bonds is 2. The Bertz CT molecular complexity index is 294. The van der Waals surface area contributed by atoms with Gasteiger partial charge in [-0.1, -0.05) is 29.8 Å². The van der Waals surface area contributed by atoms with E-state index in [-0.39, 0.29) is 6.10 Å². The molecule has 2 atom stereocenters. The fraction of sp³-hybridized carbons (Fsp3) is 0.500. The number of aryl methyl sites for hydroxylation is 1. The Balaban J connectivity index is 2.00. The van der Waals surface area contributed by atoms with Crippen molar-refractivity contribution in [1.29, 1.82) is 0 Å². The first kappa shape index (κ1) is 10.1. The Labute approximate surface area is 89.5 Å². The molecule has 2 rings (SSSR count). The Morgan fingerprint density at radius 2 is 2.00 bits per heavy atom. The lowest BCUT2D eigenvalue weighted by Crippen LogP contribution is -2.19. The SMILES string of the molecule is Cc1ccc(CC2CSCC2O)cc1. The van der Waals surface area contributed by atoms with E-state index in [2.05, 4.69) is 31.2 Å². The van der Waals surface area contributed by atoms with Crippen molar-refractivity contribution in [3.05, 3.63) is 35.4 Å². The van der Waals surface area contributed by atoms with Crippen LogP contribution in [0.25, 0.3) is 0 Å². The van der Waals surface area contributed by atoms with Gasteiger partial charge >= 0.3 is 0 Å². The summed E-state index contributed by atoms with van der Waals surface area (Å²) in [7, 11) is 0. The Morgan fingerprint density at radius 1 is 1.29 bits per heavy atom. The van der Waals surface area contributed by atoms with Crippen LogP contribution < -0.4 is 0 Å². The largest absolute Gasteiger partial charge is 0.392 e. The molecule has 76 valence electrons. The number of thioether (sulfide) groups is 1. The maximum absolute atomic E-state index is 9.68. The predicted octanol–water partition coefficient (Wildman–Crippen LogP) is 2.26. The monoisotopic (exact) mass is 208 g/mol. The Kier molecular flexibility index (Phi) is 3.14. The molecule has 1 saturated heterocycles. The lowest BCUT2D eigenvalue weighted by atomic mass is 9.96. The molecule has 0 saturated carbocycles. The zero-order chi connectivity index (χ0) is 9.97. The molecule has 0 aromatic heterocycles. The minimum absolute atomic E-state index is 0.0960. The minimum atomic E-state index is -0.0960. The smallest absolute Gasteiger partial charge is 0.0669 e. The zero-order valence-corrected chi connectivity index (χ0v) is 9.26. The maximum atomic E-state index is 9.68. The summed E-state index contributed by atoms with van der Waals surface area (Å²) in [5, 5.41) is 9.68. The first-order chi connectivity index (χ1) is 6.75. The molecule has 0 aliphatic carbocycles. The molecule has 2 unspecified atom stereocenters. The van der Waals surface area contributed by atoms with Crippen molar-refractivity contribution in [2.45, 2.75) is 19.4 Å². The highest BCUT2D eigenvalue weighted by atomic mass is 32.2. The Morgan fingerprint density at radius 3 is 2.57 bits per heavy atom. The van der Waals surface area contributed by atoms with E-state index in [0.29, 0.717) is 5.92 Å². The molecule has 1 aromatic carbocycles. The van der Waals surface area contributed by atoms with Gasteiger partial charge in [-0.25, -0.2) is 0 Å². The van der Waals surface area contributed by atoms with Gasteiger partial charge in [-0.15, -0.1) is 0 Å². The third-order valence-corrected chi connectivity index (χ3v) is 4.02. The molecule has 0 bridgehead atoms. The first-order valence-corrected chi connectivity index (χ1v) is 6.22. The summed E-state index contributed by atoms with van der Waals surface area (Å²) < 4.78 is 0. The predicted molar refractivity (Wildman–Crippen MR) is 61.7 cm³/mol. The third-order valence-electron chi connectivity index (χ3n) is 2.78. The second-order valence-corrected chi connectivity index (χ2v) is 5.13. The van der Waals surface area contributed by atoms with E-state index in [1.165, 1.54) is 11.1 Å². The van der Waals surface area contributed by atoms with Crippen molar-refractivity contribution in [3.63, 3.8) is 0 Å². The van der Waals surface area contributed by atoms with Crippen LogP contribution in [0.1, 0.15) is 11.1 Å². The van der Waals surface area contributed by atoms with Gasteiger partial charge in [-0.3, -0.25) is 0 Å². The normalized spacial score (nSPS) is 26.7. The molecule has 1 fully saturated rings. The van der Waals surface area contributed by atoms with Crippen molar-refractivity contribution in [2.75, 3.05) is 11.5 Å². The summed E-state index contributed by atoms with van der Waals surface area (Å²) in [6.07, 6.45) is 0.926. The van der Waals surface area contributed by atoms with E-state index < -0.39 is 0 Å². The molecule has 1 N–H and O–H groups in total. The highest BCUT2D eigenvalue weighted by Crippen LogP contribution is 2.27. The Hall–Kier alpha value is -0.470. The van der Waals surface area contributed by atoms with Crippen LogP contribution >= 0.6 is 11.8 Å². The molecule has 1 aromatic rings. The van der Waals surface area contributed by atoms with Gasteiger partial charge in [-0.05, 0) is 30.6 Å². The number of hydrogen-bond acceptors (Lipinski definition) is 2. The van der Waals surface area contributed by atoms with Gasteiger partial charge in [0.05, 0.1) is 6.10 Å². The number of aliphatic hydroxyl groups is 1. The summed E-state index contributed by atoms with van der Waals surface area (Å²) in [5.74, 6) is 2.48. The van der Waals surface area contributed by atoms with Crippen LogP contribution in [0.3, 0.4) is 0 Å².